The van der Waals surface area contributed by atoms with Crippen LogP contribution in [0.3, 0.4) is 0 Å². The lowest BCUT2D eigenvalue weighted by atomic mass is 9.55. The van der Waals surface area contributed by atoms with Gasteiger partial charge in [0.2, 0.25) is 0 Å². The SMILES string of the molecule is C[C@@H]1CCC(=O)[C@@]2(CO)CC[C@@H]3[C@@H]([C@@H]12)C3(C)C. The normalized spacial score (nSPS) is 51.6. The van der Waals surface area contributed by atoms with Crippen LogP contribution in [-0.2, 0) is 4.79 Å². The van der Waals surface area contributed by atoms with E-state index >= 15 is 0 Å². The highest BCUT2D eigenvalue weighted by Crippen LogP contribution is 2.73. The third-order valence-electron chi connectivity index (χ3n) is 6.34. The summed E-state index contributed by atoms with van der Waals surface area (Å²) < 4.78 is 0. The van der Waals surface area contributed by atoms with Crippen LogP contribution in [0.15, 0.2) is 0 Å². The van der Waals surface area contributed by atoms with Gasteiger partial charge in [0.1, 0.15) is 5.78 Å². The Hall–Kier alpha value is -0.370. The summed E-state index contributed by atoms with van der Waals surface area (Å²) in [5, 5.41) is 9.85. The van der Waals surface area contributed by atoms with E-state index in [1.54, 1.807) is 0 Å². The molecule has 0 aliphatic heterocycles. The van der Waals surface area contributed by atoms with Crippen LogP contribution in [0.25, 0.3) is 0 Å². The number of carbonyl (C=O) groups is 1. The molecule has 0 spiro atoms. The maximum Gasteiger partial charge on any atom is 0.141 e. The van der Waals surface area contributed by atoms with Gasteiger partial charge in [0.15, 0.2) is 0 Å². The van der Waals surface area contributed by atoms with E-state index in [2.05, 4.69) is 20.8 Å². The molecular formula is C15H24O2. The zero-order valence-corrected chi connectivity index (χ0v) is 11.2. The number of ketones is 1. The maximum absolute atomic E-state index is 12.3. The summed E-state index contributed by atoms with van der Waals surface area (Å²) in [5.74, 6) is 2.89. The first-order valence-electron chi connectivity index (χ1n) is 7.09. The first-order valence-corrected chi connectivity index (χ1v) is 7.09. The van der Waals surface area contributed by atoms with Gasteiger partial charge in [0, 0.05) is 6.42 Å². The molecule has 0 heterocycles. The zero-order valence-electron chi connectivity index (χ0n) is 11.2. The first kappa shape index (κ1) is 11.7. The van der Waals surface area contributed by atoms with Crippen molar-refractivity contribution >= 4 is 5.78 Å². The highest BCUT2D eigenvalue weighted by atomic mass is 16.3. The molecule has 3 rings (SSSR count). The third-order valence-corrected chi connectivity index (χ3v) is 6.34. The van der Waals surface area contributed by atoms with E-state index in [4.69, 9.17) is 0 Å². The summed E-state index contributed by atoms with van der Waals surface area (Å²) in [6.45, 7) is 7.07. The second-order valence-corrected chi connectivity index (χ2v) is 7.27. The van der Waals surface area contributed by atoms with Gasteiger partial charge in [-0.2, -0.15) is 0 Å². The lowest BCUT2D eigenvalue weighted by Crippen LogP contribution is -2.51. The Bertz CT molecular complexity index is 360. The second kappa shape index (κ2) is 3.34. The molecule has 0 amide bonds. The predicted molar refractivity (Wildman–Crippen MR) is 66.4 cm³/mol. The van der Waals surface area contributed by atoms with Crippen LogP contribution in [0, 0.1) is 34.5 Å². The van der Waals surface area contributed by atoms with Crippen LogP contribution in [0.5, 0.6) is 0 Å². The topological polar surface area (TPSA) is 37.3 Å². The van der Waals surface area contributed by atoms with Gasteiger partial charge in [0.05, 0.1) is 12.0 Å². The molecule has 3 aliphatic rings. The number of carbonyl (C=O) groups excluding carboxylic acids is 1. The van der Waals surface area contributed by atoms with Gasteiger partial charge in [-0.05, 0) is 48.3 Å². The smallest absolute Gasteiger partial charge is 0.141 e. The molecule has 3 fully saturated rings. The molecule has 0 aromatic carbocycles. The molecule has 0 unspecified atom stereocenters. The molecule has 96 valence electrons. The summed E-state index contributed by atoms with van der Waals surface area (Å²) in [7, 11) is 0. The maximum atomic E-state index is 12.3. The van der Waals surface area contributed by atoms with E-state index in [-0.39, 0.29) is 12.0 Å². The number of rotatable bonds is 1. The number of aliphatic hydroxyl groups is 1. The van der Waals surface area contributed by atoms with Crippen LogP contribution in [-0.4, -0.2) is 17.5 Å². The molecule has 0 saturated heterocycles. The van der Waals surface area contributed by atoms with Crippen LogP contribution in [0.4, 0.5) is 0 Å². The van der Waals surface area contributed by atoms with Crippen molar-refractivity contribution in [1.82, 2.24) is 0 Å². The van der Waals surface area contributed by atoms with Crippen molar-refractivity contribution in [2.24, 2.45) is 34.5 Å². The average molecular weight is 236 g/mol. The molecule has 17 heavy (non-hydrogen) atoms. The second-order valence-electron chi connectivity index (χ2n) is 7.27. The highest BCUT2D eigenvalue weighted by Gasteiger charge is 2.70. The fourth-order valence-corrected chi connectivity index (χ4v) is 5.26. The summed E-state index contributed by atoms with van der Waals surface area (Å²) in [4.78, 5) is 12.3. The molecule has 0 bridgehead atoms. The number of hydrogen-bond donors (Lipinski definition) is 1. The summed E-state index contributed by atoms with van der Waals surface area (Å²) in [5.41, 5.74) is 0.0417. The van der Waals surface area contributed by atoms with E-state index < -0.39 is 0 Å². The lowest BCUT2D eigenvalue weighted by molar-refractivity contribution is -0.146. The van der Waals surface area contributed by atoms with Gasteiger partial charge in [-0.15, -0.1) is 0 Å². The van der Waals surface area contributed by atoms with Crippen molar-refractivity contribution in [2.75, 3.05) is 6.61 Å². The quantitative estimate of drug-likeness (QED) is 0.760. The molecule has 0 radical (unpaired) electrons. The van der Waals surface area contributed by atoms with E-state index in [1.807, 2.05) is 0 Å². The van der Waals surface area contributed by atoms with Crippen LogP contribution in [0.2, 0.25) is 0 Å². The molecule has 1 N–H and O–H groups in total. The highest BCUT2D eigenvalue weighted by molar-refractivity contribution is 5.86. The van der Waals surface area contributed by atoms with Crippen molar-refractivity contribution in [1.29, 1.82) is 0 Å². The van der Waals surface area contributed by atoms with Crippen LogP contribution < -0.4 is 0 Å². The van der Waals surface area contributed by atoms with Crippen LogP contribution in [0.1, 0.15) is 46.5 Å². The average Bonchev–Trinajstić information content (AvgIpc) is 2.86. The van der Waals surface area contributed by atoms with Gasteiger partial charge in [-0.1, -0.05) is 20.8 Å². The Balaban J connectivity index is 2.00. The molecule has 5 atom stereocenters. The third kappa shape index (κ3) is 1.28. The Kier molecular flexibility index (Phi) is 2.30. The standard InChI is InChI=1S/C15H24O2/c1-9-4-5-11(17)15(8-16)7-6-10-13(12(9)15)14(10,2)3/h9-10,12-13,16H,4-8H2,1-3H3/t9-,10-,12-,13+,15+/m1/s1. The predicted octanol–water partition coefficient (Wildman–Crippen LogP) is 2.65. The number of fused-ring (bicyclic) bond motifs is 3. The van der Waals surface area contributed by atoms with Crippen LogP contribution >= 0.6 is 0 Å². The number of aliphatic hydroxyl groups excluding tert-OH is 1. The van der Waals surface area contributed by atoms with Crippen molar-refractivity contribution < 1.29 is 9.90 Å². The minimum Gasteiger partial charge on any atom is -0.395 e. The zero-order chi connectivity index (χ0) is 12.4. The van der Waals surface area contributed by atoms with Crippen molar-refractivity contribution in [3.63, 3.8) is 0 Å². The van der Waals surface area contributed by atoms with Gasteiger partial charge in [0.25, 0.3) is 0 Å². The van der Waals surface area contributed by atoms with Gasteiger partial charge in [-0.3, -0.25) is 4.79 Å². The van der Waals surface area contributed by atoms with Crippen molar-refractivity contribution in [2.45, 2.75) is 46.5 Å². The first-order chi connectivity index (χ1) is 7.95. The van der Waals surface area contributed by atoms with Crippen molar-refractivity contribution in [3.8, 4) is 0 Å². The molecular weight excluding hydrogens is 212 g/mol. The minimum atomic E-state index is -0.368. The van der Waals surface area contributed by atoms with Crippen molar-refractivity contribution in [3.05, 3.63) is 0 Å². The summed E-state index contributed by atoms with van der Waals surface area (Å²) in [6, 6.07) is 0. The van der Waals surface area contributed by atoms with E-state index in [0.717, 1.165) is 25.2 Å². The monoisotopic (exact) mass is 236 g/mol. The molecule has 2 heteroatoms. The molecule has 3 saturated carbocycles. The Morgan fingerprint density at radius 2 is 2.00 bits per heavy atom. The summed E-state index contributed by atoms with van der Waals surface area (Å²) >= 11 is 0. The molecule has 0 aromatic heterocycles. The van der Waals surface area contributed by atoms with Gasteiger partial charge >= 0.3 is 0 Å². The van der Waals surface area contributed by atoms with E-state index in [9.17, 15) is 9.90 Å². The Labute approximate surface area is 104 Å². The largest absolute Gasteiger partial charge is 0.395 e. The fraction of sp³-hybridized carbons (Fsp3) is 0.933. The fourth-order valence-electron chi connectivity index (χ4n) is 5.26. The van der Waals surface area contributed by atoms with E-state index in [1.165, 1.54) is 0 Å². The number of Topliss-reactive ketones (excluding diaryl/α,β-unsaturated/α-hetero) is 1. The summed E-state index contributed by atoms with van der Waals surface area (Å²) in [6.07, 6.45) is 3.80. The molecule has 3 aliphatic carbocycles. The van der Waals surface area contributed by atoms with Gasteiger partial charge < -0.3 is 5.11 Å². The molecule has 0 aromatic rings. The van der Waals surface area contributed by atoms with Gasteiger partial charge in [-0.25, -0.2) is 0 Å². The Morgan fingerprint density at radius 1 is 1.29 bits per heavy atom. The lowest BCUT2D eigenvalue weighted by Gasteiger charge is -2.48. The minimum absolute atomic E-state index is 0.0835. The van der Waals surface area contributed by atoms with E-state index in [0.29, 0.717) is 35.4 Å². The Morgan fingerprint density at radius 3 is 2.65 bits per heavy atom. The molecule has 2 nitrogen and oxygen atoms in total. The number of hydrogen-bond acceptors (Lipinski definition) is 2.